The lowest BCUT2D eigenvalue weighted by Gasteiger charge is -2.47. The second-order valence-corrected chi connectivity index (χ2v) is 11.9. The van der Waals surface area contributed by atoms with Gasteiger partial charge in [-0.25, -0.2) is 14.8 Å². The number of carbonyl (C=O) groups is 3. The Kier molecular flexibility index (Phi) is 10.2. The van der Waals surface area contributed by atoms with Crippen molar-refractivity contribution in [3.05, 3.63) is 119 Å². The average Bonchev–Trinajstić information content (AvgIpc) is 3.79. The molecule has 2 aromatic heterocycles. The van der Waals surface area contributed by atoms with Crippen molar-refractivity contribution in [1.29, 1.82) is 0 Å². The Morgan fingerprint density at radius 3 is 2.35 bits per heavy atom. The second kappa shape index (κ2) is 14.4. The van der Waals surface area contributed by atoms with Crippen LogP contribution in [0, 0.1) is 5.41 Å². The number of methoxy groups -OCH3 is 1. The first-order chi connectivity index (χ1) is 23.4. The number of nitrogens with zero attached hydrogens (tertiary/aromatic N) is 4. The molecule has 4 atom stereocenters. The zero-order chi connectivity index (χ0) is 35.3. The molecule has 14 heteroatoms. The highest BCUT2D eigenvalue weighted by Gasteiger charge is 2.58. The number of rotatable bonds is 12. The number of halogens is 3. The Labute approximate surface area is 280 Å². The van der Waals surface area contributed by atoms with Crippen molar-refractivity contribution >= 4 is 17.9 Å². The molecule has 49 heavy (non-hydrogen) atoms. The number of alkyl halides is 3. The molecule has 0 aliphatic carbocycles. The Hall–Kier alpha value is -5.40. The topological polar surface area (TPSA) is 138 Å². The quantitative estimate of drug-likeness (QED) is 0.190. The lowest BCUT2D eigenvalue weighted by molar-refractivity contribution is -0.158. The molecule has 1 aliphatic heterocycles. The lowest BCUT2D eigenvalue weighted by atomic mass is 9.60. The highest BCUT2D eigenvalue weighted by atomic mass is 19.4. The maximum atomic E-state index is 14.3. The van der Waals surface area contributed by atoms with Gasteiger partial charge in [-0.2, -0.15) is 13.2 Å². The van der Waals surface area contributed by atoms with Gasteiger partial charge in [0.25, 0.3) is 0 Å². The minimum atomic E-state index is -4.85. The zero-order valence-electron chi connectivity index (χ0n) is 27.1. The fraction of sp³-hybridized carbons (Fsp3) is 0.343. The van der Waals surface area contributed by atoms with Crippen molar-refractivity contribution < 1.29 is 42.1 Å². The molecule has 258 valence electrons. The number of hydrogen-bond acceptors (Lipinski definition) is 8. The van der Waals surface area contributed by atoms with E-state index < -0.39 is 71.7 Å². The van der Waals surface area contributed by atoms with E-state index in [-0.39, 0.29) is 17.7 Å². The summed E-state index contributed by atoms with van der Waals surface area (Å²) in [4.78, 5) is 47.9. The number of nitrogens with one attached hydrogen (secondary N) is 1. The highest BCUT2D eigenvalue weighted by molar-refractivity contribution is 5.94. The van der Waals surface area contributed by atoms with E-state index in [2.05, 4.69) is 15.3 Å². The molecule has 5 rings (SSSR count). The number of esters is 2. The van der Waals surface area contributed by atoms with Crippen LogP contribution >= 0.6 is 0 Å². The van der Waals surface area contributed by atoms with Gasteiger partial charge >= 0.3 is 24.1 Å². The molecule has 2 N–H and O–H groups in total. The minimum absolute atomic E-state index is 0.141. The molecule has 0 spiro atoms. The summed E-state index contributed by atoms with van der Waals surface area (Å²) in [5.41, 5.74) is -1.78. The predicted molar refractivity (Wildman–Crippen MR) is 170 cm³/mol. The maximum Gasteiger partial charge on any atom is 0.416 e. The Balaban J connectivity index is 1.41. The van der Waals surface area contributed by atoms with Gasteiger partial charge in [0.05, 0.1) is 50.0 Å². The van der Waals surface area contributed by atoms with Crippen molar-refractivity contribution in [3.8, 4) is 0 Å². The van der Waals surface area contributed by atoms with Crippen LogP contribution in [0.4, 0.5) is 13.2 Å². The molecule has 0 radical (unpaired) electrons. The molecule has 4 unspecified atom stereocenters. The van der Waals surface area contributed by atoms with E-state index in [1.54, 1.807) is 35.8 Å². The Morgan fingerprint density at radius 2 is 1.73 bits per heavy atom. The van der Waals surface area contributed by atoms with Crippen molar-refractivity contribution in [2.75, 3.05) is 13.7 Å². The molecule has 2 aromatic carbocycles. The largest absolute Gasteiger partial charge is 0.481 e. The van der Waals surface area contributed by atoms with Crippen molar-refractivity contribution in [3.63, 3.8) is 0 Å². The van der Waals surface area contributed by atoms with Crippen LogP contribution in [0.1, 0.15) is 60.9 Å². The summed E-state index contributed by atoms with van der Waals surface area (Å²) >= 11 is 0. The fourth-order valence-corrected chi connectivity index (χ4v) is 6.69. The van der Waals surface area contributed by atoms with E-state index in [4.69, 9.17) is 9.47 Å². The third-order valence-corrected chi connectivity index (χ3v) is 9.11. The van der Waals surface area contributed by atoms with E-state index in [1.807, 2.05) is 35.0 Å². The van der Waals surface area contributed by atoms with Gasteiger partial charge in [0.1, 0.15) is 5.41 Å². The number of aliphatic carboxylic acids is 1. The monoisotopic (exact) mass is 679 g/mol. The van der Waals surface area contributed by atoms with Gasteiger partial charge in [0.2, 0.25) is 0 Å². The van der Waals surface area contributed by atoms with Crippen LogP contribution in [-0.4, -0.2) is 61.9 Å². The first kappa shape index (κ1) is 34.9. The molecule has 0 saturated heterocycles. The summed E-state index contributed by atoms with van der Waals surface area (Å²) in [7, 11) is 1.07. The SMILES string of the molecule is COC(=O)C1=C(C)NC(C)C(CCOC(=O)CC(c2ccc(Cn3ccnc3)cc2)n2ccnc2)(C(=O)O)C1c1ccccc1C(F)(F)F. The first-order valence-electron chi connectivity index (χ1n) is 15.5. The third kappa shape index (κ3) is 7.22. The molecule has 0 fully saturated rings. The van der Waals surface area contributed by atoms with Gasteiger partial charge in [-0.1, -0.05) is 42.5 Å². The first-order valence-corrected chi connectivity index (χ1v) is 15.5. The van der Waals surface area contributed by atoms with Crippen LogP contribution in [0.2, 0.25) is 0 Å². The number of aromatic nitrogens is 4. The number of imidazole rings is 2. The molecule has 4 aromatic rings. The number of carboxylic acids is 1. The van der Waals surface area contributed by atoms with E-state index in [9.17, 15) is 32.7 Å². The highest BCUT2D eigenvalue weighted by Crippen LogP contribution is 2.53. The summed E-state index contributed by atoms with van der Waals surface area (Å²) in [5, 5.41) is 13.7. The van der Waals surface area contributed by atoms with Gasteiger partial charge in [-0.05, 0) is 36.6 Å². The molecule has 3 heterocycles. The predicted octanol–water partition coefficient (Wildman–Crippen LogP) is 5.35. The summed E-state index contributed by atoms with van der Waals surface area (Å²) < 4.78 is 57.2. The molecule has 11 nitrogen and oxygen atoms in total. The average molecular weight is 680 g/mol. The summed E-state index contributed by atoms with van der Waals surface area (Å²) in [6.07, 6.45) is 4.70. The Bertz CT molecular complexity index is 1810. The summed E-state index contributed by atoms with van der Waals surface area (Å²) in [5.74, 6) is -4.69. The van der Waals surface area contributed by atoms with Crippen LogP contribution in [0.5, 0.6) is 0 Å². The number of allylic oxidation sites excluding steroid dienone is 1. The number of carbonyl (C=O) groups excluding carboxylic acids is 2. The second-order valence-electron chi connectivity index (χ2n) is 11.9. The molecule has 0 bridgehead atoms. The van der Waals surface area contributed by atoms with E-state index in [1.165, 1.54) is 32.0 Å². The normalized spacial score (nSPS) is 20.0. The van der Waals surface area contributed by atoms with Crippen LogP contribution in [-0.2, 0) is 36.6 Å². The maximum absolute atomic E-state index is 14.3. The molecular weight excluding hydrogens is 643 g/mol. The zero-order valence-corrected chi connectivity index (χ0v) is 27.1. The molecule has 1 aliphatic rings. The molecule has 0 amide bonds. The van der Waals surface area contributed by atoms with Crippen molar-refractivity contribution in [1.82, 2.24) is 24.4 Å². The van der Waals surface area contributed by atoms with Gasteiger partial charge in [0, 0.05) is 55.4 Å². The number of benzene rings is 2. The van der Waals surface area contributed by atoms with Crippen molar-refractivity contribution in [2.24, 2.45) is 5.41 Å². The standard InChI is InChI=1S/C35H36F3N5O6/c1-22-30(32(45)48-3)31(26-6-4-5-7-27(26)35(36,37)38)34(33(46)47,23(2)41-22)12-17-49-29(44)18-28(43-16-14-40-21-43)25-10-8-24(9-11-25)19-42-15-13-39-20-42/h4-11,13-16,20-21,23,28,31,41H,12,17-19H2,1-3H3,(H,46,47). The minimum Gasteiger partial charge on any atom is -0.481 e. The number of ether oxygens (including phenoxy) is 2. The van der Waals surface area contributed by atoms with Crippen LogP contribution < -0.4 is 5.32 Å². The number of hydrogen-bond donors (Lipinski definition) is 2. The van der Waals surface area contributed by atoms with Gasteiger partial charge in [0.15, 0.2) is 0 Å². The lowest BCUT2D eigenvalue weighted by Crippen LogP contribution is -2.57. The van der Waals surface area contributed by atoms with E-state index in [0.29, 0.717) is 6.54 Å². The Morgan fingerprint density at radius 1 is 1.04 bits per heavy atom. The van der Waals surface area contributed by atoms with Gasteiger partial charge in [-0.3, -0.25) is 9.59 Å². The fourth-order valence-electron chi connectivity index (χ4n) is 6.69. The summed E-state index contributed by atoms with van der Waals surface area (Å²) in [6, 6.07) is 10.7. The van der Waals surface area contributed by atoms with Crippen LogP contribution in [0.3, 0.4) is 0 Å². The van der Waals surface area contributed by atoms with Gasteiger partial charge < -0.3 is 29.0 Å². The van der Waals surface area contributed by atoms with Gasteiger partial charge in [-0.15, -0.1) is 0 Å². The van der Waals surface area contributed by atoms with E-state index in [0.717, 1.165) is 24.3 Å². The smallest absolute Gasteiger partial charge is 0.416 e. The van der Waals surface area contributed by atoms with Crippen molar-refractivity contribution in [2.45, 2.75) is 57.4 Å². The van der Waals surface area contributed by atoms with Crippen LogP contribution in [0.15, 0.2) is 97.2 Å². The molecule has 0 saturated carbocycles. The van der Waals surface area contributed by atoms with E-state index >= 15 is 0 Å². The number of carboxylic acid groups (broad SMARTS) is 1. The molecular formula is C35H36F3N5O6. The third-order valence-electron chi connectivity index (χ3n) is 9.11. The van der Waals surface area contributed by atoms with Crippen LogP contribution in [0.25, 0.3) is 0 Å². The summed E-state index contributed by atoms with van der Waals surface area (Å²) in [6.45, 7) is 3.16.